The first kappa shape index (κ1) is 18.0. The van der Waals surface area contributed by atoms with Crippen molar-refractivity contribution in [2.45, 2.75) is 13.2 Å². The maximum atomic E-state index is 13.3. The molecule has 0 saturated heterocycles. The molecule has 1 heterocycles. The third kappa shape index (κ3) is 3.74. The molecule has 0 unspecified atom stereocenters. The van der Waals surface area contributed by atoms with Gasteiger partial charge in [0.1, 0.15) is 22.1 Å². The zero-order valence-electron chi connectivity index (χ0n) is 14.0. The number of pyridine rings is 1. The van der Waals surface area contributed by atoms with Crippen LogP contribution < -0.4 is 10.9 Å². The third-order valence-electron chi connectivity index (χ3n) is 3.93. The molecule has 26 heavy (non-hydrogen) atoms. The summed E-state index contributed by atoms with van der Waals surface area (Å²) in [5.74, 6) is -0.550. The van der Waals surface area contributed by atoms with Gasteiger partial charge in [0.25, 0.3) is 5.56 Å². The van der Waals surface area contributed by atoms with Crippen LogP contribution in [0.2, 0.25) is 0 Å². The molecule has 0 saturated carbocycles. The van der Waals surface area contributed by atoms with Gasteiger partial charge in [0.15, 0.2) is 0 Å². The van der Waals surface area contributed by atoms with Crippen molar-refractivity contribution in [2.75, 3.05) is 7.11 Å². The molecule has 0 atom stereocenters. The van der Waals surface area contributed by atoms with Crippen LogP contribution in [0.15, 0.2) is 47.3 Å². The van der Waals surface area contributed by atoms with Gasteiger partial charge in [0, 0.05) is 19.0 Å². The van der Waals surface area contributed by atoms with E-state index in [1.54, 1.807) is 37.4 Å². The minimum Gasteiger partial charge on any atom is -0.506 e. The highest BCUT2D eigenvalue weighted by Gasteiger charge is 2.16. The van der Waals surface area contributed by atoms with Gasteiger partial charge in [-0.25, -0.2) is 4.39 Å². The molecule has 0 aliphatic rings. The molecular formula is C19H17FN2O3S. The van der Waals surface area contributed by atoms with Crippen LogP contribution >= 0.6 is 12.2 Å². The number of hydrogen-bond donors (Lipinski definition) is 3. The lowest BCUT2D eigenvalue weighted by Crippen LogP contribution is -2.28. The van der Waals surface area contributed by atoms with Crippen LogP contribution in [0.25, 0.3) is 10.9 Å². The van der Waals surface area contributed by atoms with Crippen molar-refractivity contribution in [3.05, 3.63) is 75.3 Å². The number of thiocarbonyl (C=S) groups is 1. The van der Waals surface area contributed by atoms with E-state index in [0.717, 1.165) is 5.56 Å². The number of aromatic nitrogens is 1. The number of benzene rings is 2. The Bertz CT molecular complexity index is 1030. The maximum absolute atomic E-state index is 13.3. The molecule has 0 amide bonds. The summed E-state index contributed by atoms with van der Waals surface area (Å²) >= 11 is 5.26. The fourth-order valence-corrected chi connectivity index (χ4v) is 2.97. The molecule has 2 aromatic carbocycles. The smallest absolute Gasteiger partial charge is 0.262 e. The fourth-order valence-electron chi connectivity index (χ4n) is 2.71. The molecule has 1 aromatic heterocycles. The molecule has 0 aliphatic heterocycles. The second-order valence-corrected chi connectivity index (χ2v) is 6.21. The lowest BCUT2D eigenvalue weighted by Gasteiger charge is -2.12. The zero-order chi connectivity index (χ0) is 18.7. The minimum absolute atomic E-state index is 0.0153. The van der Waals surface area contributed by atoms with Crippen LogP contribution in [0, 0.1) is 5.82 Å². The molecule has 0 radical (unpaired) electrons. The Labute approximate surface area is 154 Å². The van der Waals surface area contributed by atoms with Gasteiger partial charge >= 0.3 is 0 Å². The number of fused-ring (bicyclic) bond motifs is 1. The molecule has 3 rings (SSSR count). The number of nitrogens with one attached hydrogen (secondary N) is 2. The second kappa shape index (κ2) is 7.63. The summed E-state index contributed by atoms with van der Waals surface area (Å²) in [6.45, 7) is 0.614. The monoisotopic (exact) mass is 372 g/mol. The van der Waals surface area contributed by atoms with Crippen molar-refractivity contribution in [2.24, 2.45) is 0 Å². The van der Waals surface area contributed by atoms with Crippen molar-refractivity contribution >= 4 is 28.1 Å². The summed E-state index contributed by atoms with van der Waals surface area (Å²) in [6.07, 6.45) is 0. The first-order valence-electron chi connectivity index (χ1n) is 7.89. The molecule has 3 N–H and O–H groups in total. The highest BCUT2D eigenvalue weighted by molar-refractivity contribution is 7.80. The van der Waals surface area contributed by atoms with E-state index < -0.39 is 5.56 Å². The summed E-state index contributed by atoms with van der Waals surface area (Å²) in [5.41, 5.74) is 1.52. The quantitative estimate of drug-likeness (QED) is 0.601. The number of H-pyrrole nitrogens is 1. The minimum atomic E-state index is -0.494. The van der Waals surface area contributed by atoms with Crippen LogP contribution in [0.1, 0.15) is 16.7 Å². The van der Waals surface area contributed by atoms with Crippen LogP contribution in [0.4, 0.5) is 4.39 Å². The molecule has 0 bridgehead atoms. The standard InChI is InChI=1S/C19H17FN2O3S/c1-25-10-12-5-6-15-14(8-12)17(23)16(18(24)22-15)19(26)21-9-11-3-2-4-13(20)7-11/h2-8H,9-10H2,1H3,(H,21,26)(H2,22,23,24). The van der Waals surface area contributed by atoms with Crippen LogP contribution in [-0.4, -0.2) is 22.2 Å². The van der Waals surface area contributed by atoms with Gasteiger partial charge in [-0.2, -0.15) is 0 Å². The number of halogens is 1. The molecule has 5 nitrogen and oxygen atoms in total. The summed E-state index contributed by atoms with van der Waals surface area (Å²) in [4.78, 5) is 15.1. The van der Waals surface area contributed by atoms with E-state index in [2.05, 4.69) is 10.3 Å². The van der Waals surface area contributed by atoms with Crippen molar-refractivity contribution < 1.29 is 14.2 Å². The highest BCUT2D eigenvalue weighted by atomic mass is 32.1. The summed E-state index contributed by atoms with van der Waals surface area (Å²) in [5, 5.41) is 14.0. The lowest BCUT2D eigenvalue weighted by molar-refractivity contribution is 0.185. The SMILES string of the molecule is COCc1ccc2[nH]c(=O)c(C(=S)NCc3cccc(F)c3)c(O)c2c1. The van der Waals surface area contributed by atoms with Crippen molar-refractivity contribution in [1.29, 1.82) is 0 Å². The zero-order valence-corrected chi connectivity index (χ0v) is 14.8. The Balaban J connectivity index is 1.92. The van der Waals surface area contributed by atoms with Crippen molar-refractivity contribution in [1.82, 2.24) is 10.3 Å². The van der Waals surface area contributed by atoms with Gasteiger partial charge in [-0.3, -0.25) is 4.79 Å². The van der Waals surface area contributed by atoms with Gasteiger partial charge < -0.3 is 20.1 Å². The van der Waals surface area contributed by atoms with E-state index in [-0.39, 0.29) is 28.7 Å². The molecule has 0 fully saturated rings. The predicted octanol–water partition coefficient (Wildman–Crippen LogP) is 2.98. The maximum Gasteiger partial charge on any atom is 0.262 e. The Morgan fingerprint density at radius 1 is 1.27 bits per heavy atom. The number of ether oxygens (including phenoxy) is 1. The van der Waals surface area contributed by atoms with E-state index in [1.165, 1.54) is 12.1 Å². The van der Waals surface area contributed by atoms with Crippen molar-refractivity contribution in [3.8, 4) is 5.75 Å². The average Bonchev–Trinajstić information content (AvgIpc) is 2.61. The van der Waals surface area contributed by atoms with Crippen LogP contribution in [0.5, 0.6) is 5.75 Å². The second-order valence-electron chi connectivity index (χ2n) is 5.80. The lowest BCUT2D eigenvalue weighted by atomic mass is 10.1. The Kier molecular flexibility index (Phi) is 5.29. The summed E-state index contributed by atoms with van der Waals surface area (Å²) in [6, 6.07) is 11.3. The molecular weight excluding hydrogens is 355 g/mol. The molecule has 3 aromatic rings. The van der Waals surface area contributed by atoms with Gasteiger partial charge in [-0.05, 0) is 35.4 Å². The third-order valence-corrected chi connectivity index (χ3v) is 4.28. The van der Waals surface area contributed by atoms with Gasteiger partial charge in [0.2, 0.25) is 0 Å². The number of aromatic hydroxyl groups is 1. The van der Waals surface area contributed by atoms with Gasteiger partial charge in [0.05, 0.1) is 12.1 Å². The fraction of sp³-hybridized carbons (Fsp3) is 0.158. The Morgan fingerprint density at radius 3 is 2.81 bits per heavy atom. The van der Waals surface area contributed by atoms with Crippen LogP contribution in [0.3, 0.4) is 0 Å². The first-order chi connectivity index (χ1) is 12.5. The predicted molar refractivity (Wildman–Crippen MR) is 102 cm³/mol. The molecule has 7 heteroatoms. The number of hydrogen-bond acceptors (Lipinski definition) is 4. The number of aromatic amines is 1. The topological polar surface area (TPSA) is 74.4 Å². The van der Waals surface area contributed by atoms with Crippen molar-refractivity contribution in [3.63, 3.8) is 0 Å². The summed E-state index contributed by atoms with van der Waals surface area (Å²) in [7, 11) is 1.58. The first-order valence-corrected chi connectivity index (χ1v) is 8.30. The van der Waals surface area contributed by atoms with E-state index >= 15 is 0 Å². The number of methoxy groups -OCH3 is 1. The largest absolute Gasteiger partial charge is 0.506 e. The Hall–Kier alpha value is -2.77. The van der Waals surface area contributed by atoms with E-state index in [0.29, 0.717) is 23.1 Å². The van der Waals surface area contributed by atoms with E-state index in [4.69, 9.17) is 17.0 Å². The Morgan fingerprint density at radius 2 is 2.08 bits per heavy atom. The number of rotatable bonds is 5. The molecule has 0 spiro atoms. The van der Waals surface area contributed by atoms with Gasteiger partial charge in [-0.15, -0.1) is 0 Å². The van der Waals surface area contributed by atoms with Crippen LogP contribution in [-0.2, 0) is 17.9 Å². The molecule has 134 valence electrons. The highest BCUT2D eigenvalue weighted by Crippen LogP contribution is 2.26. The van der Waals surface area contributed by atoms with Gasteiger partial charge in [-0.1, -0.05) is 30.4 Å². The molecule has 0 aliphatic carbocycles. The van der Waals surface area contributed by atoms with E-state index in [9.17, 15) is 14.3 Å². The average molecular weight is 372 g/mol. The van der Waals surface area contributed by atoms with E-state index in [1.807, 2.05) is 0 Å². The summed E-state index contributed by atoms with van der Waals surface area (Å²) < 4.78 is 18.3. The normalized spacial score (nSPS) is 10.8.